The lowest BCUT2D eigenvalue weighted by molar-refractivity contribution is -0.384. The van der Waals surface area contributed by atoms with Gasteiger partial charge in [-0.05, 0) is 36.6 Å². The number of carbonyl (C=O) groups is 1. The minimum absolute atomic E-state index is 0.0687. The zero-order valence-corrected chi connectivity index (χ0v) is 12.3. The first-order valence-electron chi connectivity index (χ1n) is 6.98. The molecule has 0 heterocycles. The number of rotatable bonds is 6. The molecular weight excluding hydrogens is 278 g/mol. The Morgan fingerprint density at radius 3 is 2.27 bits per heavy atom. The highest BCUT2D eigenvalue weighted by atomic mass is 16.6. The second-order valence-corrected chi connectivity index (χ2v) is 5.36. The van der Waals surface area contributed by atoms with E-state index in [0.29, 0.717) is 6.42 Å². The van der Waals surface area contributed by atoms with E-state index in [1.165, 1.54) is 12.1 Å². The standard InChI is InChI=1S/C18H17NO3/c1-18(14-20,16-7-3-2-4-8-16)13-5-6-15-9-11-17(12-10-15)19(21)22/h2-12,14H,13H2,1H3/b6-5+/t18-/m0/s1. The van der Waals surface area contributed by atoms with E-state index in [0.717, 1.165) is 17.4 Å². The number of nitro groups is 1. The molecule has 0 spiro atoms. The molecule has 0 aromatic heterocycles. The van der Waals surface area contributed by atoms with E-state index in [1.54, 1.807) is 12.1 Å². The van der Waals surface area contributed by atoms with Crippen LogP contribution in [0.1, 0.15) is 24.5 Å². The number of benzene rings is 2. The van der Waals surface area contributed by atoms with Gasteiger partial charge < -0.3 is 4.79 Å². The van der Waals surface area contributed by atoms with E-state index in [4.69, 9.17) is 0 Å². The number of nitrogens with zero attached hydrogens (tertiary/aromatic N) is 1. The highest BCUT2D eigenvalue weighted by molar-refractivity contribution is 5.68. The molecule has 0 saturated heterocycles. The van der Waals surface area contributed by atoms with Gasteiger partial charge in [-0.1, -0.05) is 42.5 Å². The van der Waals surface area contributed by atoms with Gasteiger partial charge in [0.15, 0.2) is 0 Å². The second kappa shape index (κ2) is 6.80. The zero-order chi connectivity index (χ0) is 16.0. The molecule has 0 aliphatic heterocycles. The third-order valence-electron chi connectivity index (χ3n) is 3.65. The summed E-state index contributed by atoms with van der Waals surface area (Å²) in [5.74, 6) is 0. The molecule has 0 saturated carbocycles. The van der Waals surface area contributed by atoms with E-state index < -0.39 is 10.3 Å². The fourth-order valence-electron chi connectivity index (χ4n) is 2.20. The summed E-state index contributed by atoms with van der Waals surface area (Å²) in [6.07, 6.45) is 5.32. The summed E-state index contributed by atoms with van der Waals surface area (Å²) in [7, 11) is 0. The molecule has 4 nitrogen and oxygen atoms in total. The lowest BCUT2D eigenvalue weighted by atomic mass is 9.81. The van der Waals surface area contributed by atoms with Crippen molar-refractivity contribution in [3.63, 3.8) is 0 Å². The fourth-order valence-corrected chi connectivity index (χ4v) is 2.20. The minimum atomic E-state index is -0.571. The normalized spacial score (nSPS) is 13.7. The Morgan fingerprint density at radius 2 is 1.73 bits per heavy atom. The Morgan fingerprint density at radius 1 is 1.09 bits per heavy atom. The molecule has 0 bridgehead atoms. The SMILES string of the molecule is C[C@@](C=O)(C/C=C/c1ccc([N+](=O)[O-])cc1)c1ccccc1. The maximum absolute atomic E-state index is 11.5. The molecule has 1 atom stereocenters. The third-order valence-corrected chi connectivity index (χ3v) is 3.65. The van der Waals surface area contributed by atoms with Crippen LogP contribution in [0.15, 0.2) is 60.7 Å². The second-order valence-electron chi connectivity index (χ2n) is 5.36. The van der Waals surface area contributed by atoms with Gasteiger partial charge in [-0.15, -0.1) is 0 Å². The third kappa shape index (κ3) is 3.67. The van der Waals surface area contributed by atoms with Gasteiger partial charge in [-0.3, -0.25) is 10.1 Å². The lowest BCUT2D eigenvalue weighted by Crippen LogP contribution is -2.22. The number of aldehydes is 1. The number of nitro benzene ring substituents is 1. The molecular formula is C18H17NO3. The number of allylic oxidation sites excluding steroid dienone is 1. The van der Waals surface area contributed by atoms with Crippen LogP contribution in [0, 0.1) is 10.1 Å². The molecule has 0 N–H and O–H groups in total. The van der Waals surface area contributed by atoms with Crippen molar-refractivity contribution < 1.29 is 9.72 Å². The van der Waals surface area contributed by atoms with Gasteiger partial charge in [-0.2, -0.15) is 0 Å². The van der Waals surface area contributed by atoms with Gasteiger partial charge in [0.25, 0.3) is 5.69 Å². The van der Waals surface area contributed by atoms with Crippen LogP contribution in [-0.4, -0.2) is 11.2 Å². The Hall–Kier alpha value is -2.75. The molecule has 0 radical (unpaired) electrons. The largest absolute Gasteiger partial charge is 0.302 e. The van der Waals surface area contributed by atoms with Gasteiger partial charge in [0.05, 0.1) is 10.3 Å². The maximum Gasteiger partial charge on any atom is 0.269 e. The van der Waals surface area contributed by atoms with Crippen molar-refractivity contribution in [3.8, 4) is 0 Å². The van der Waals surface area contributed by atoms with Crippen LogP contribution in [-0.2, 0) is 10.2 Å². The Bertz CT molecular complexity index is 677. The van der Waals surface area contributed by atoms with Crippen LogP contribution in [0.4, 0.5) is 5.69 Å². The van der Waals surface area contributed by atoms with Gasteiger partial charge in [0.1, 0.15) is 6.29 Å². The highest BCUT2D eigenvalue weighted by Crippen LogP contribution is 2.26. The summed E-state index contributed by atoms with van der Waals surface area (Å²) in [5, 5.41) is 10.6. The first kappa shape index (κ1) is 15.6. The van der Waals surface area contributed by atoms with Gasteiger partial charge in [0.2, 0.25) is 0 Å². The minimum Gasteiger partial charge on any atom is -0.302 e. The molecule has 2 aromatic rings. The molecule has 4 heteroatoms. The van der Waals surface area contributed by atoms with Crippen LogP contribution in [0.2, 0.25) is 0 Å². The van der Waals surface area contributed by atoms with Crippen molar-refractivity contribution in [3.05, 3.63) is 81.9 Å². The topological polar surface area (TPSA) is 60.2 Å². The molecule has 112 valence electrons. The predicted octanol–water partition coefficient (Wildman–Crippen LogP) is 4.15. The Labute approximate surface area is 129 Å². The number of non-ortho nitro benzene ring substituents is 1. The average molecular weight is 295 g/mol. The summed E-state index contributed by atoms with van der Waals surface area (Å²) < 4.78 is 0. The average Bonchev–Trinajstić information content (AvgIpc) is 2.56. The zero-order valence-electron chi connectivity index (χ0n) is 12.3. The van der Waals surface area contributed by atoms with Gasteiger partial charge in [-0.25, -0.2) is 0 Å². The van der Waals surface area contributed by atoms with Crippen molar-refractivity contribution in [1.82, 2.24) is 0 Å². The number of carbonyl (C=O) groups excluding carboxylic acids is 1. The van der Waals surface area contributed by atoms with Crippen molar-refractivity contribution in [1.29, 1.82) is 0 Å². The van der Waals surface area contributed by atoms with Crippen LogP contribution >= 0.6 is 0 Å². The summed E-state index contributed by atoms with van der Waals surface area (Å²) >= 11 is 0. The van der Waals surface area contributed by atoms with E-state index in [2.05, 4.69) is 0 Å². The molecule has 0 fully saturated rings. The first-order valence-corrected chi connectivity index (χ1v) is 6.98. The summed E-state index contributed by atoms with van der Waals surface area (Å²) in [6.45, 7) is 1.90. The molecule has 0 amide bonds. The first-order chi connectivity index (χ1) is 10.5. The molecule has 0 aliphatic rings. The number of hydrogen-bond acceptors (Lipinski definition) is 3. The molecule has 0 unspecified atom stereocenters. The van der Waals surface area contributed by atoms with E-state index in [-0.39, 0.29) is 5.69 Å². The summed E-state index contributed by atoms with van der Waals surface area (Å²) in [5.41, 5.74) is 1.34. The fraction of sp³-hybridized carbons (Fsp3) is 0.167. The van der Waals surface area contributed by atoms with Crippen LogP contribution in [0.3, 0.4) is 0 Å². The van der Waals surface area contributed by atoms with Crippen LogP contribution < -0.4 is 0 Å². The van der Waals surface area contributed by atoms with Crippen molar-refractivity contribution in [2.24, 2.45) is 0 Å². The van der Waals surface area contributed by atoms with Crippen LogP contribution in [0.5, 0.6) is 0 Å². The Balaban J connectivity index is 2.10. The monoisotopic (exact) mass is 295 g/mol. The molecule has 0 aliphatic carbocycles. The summed E-state index contributed by atoms with van der Waals surface area (Å²) in [6, 6.07) is 15.9. The molecule has 2 aromatic carbocycles. The van der Waals surface area contributed by atoms with E-state index >= 15 is 0 Å². The highest BCUT2D eigenvalue weighted by Gasteiger charge is 2.24. The quantitative estimate of drug-likeness (QED) is 0.457. The smallest absolute Gasteiger partial charge is 0.269 e. The van der Waals surface area contributed by atoms with E-state index in [1.807, 2.05) is 49.4 Å². The van der Waals surface area contributed by atoms with Crippen molar-refractivity contribution >= 4 is 18.0 Å². The molecule has 22 heavy (non-hydrogen) atoms. The Kier molecular flexibility index (Phi) is 4.84. The van der Waals surface area contributed by atoms with Crippen molar-refractivity contribution in [2.45, 2.75) is 18.8 Å². The molecule has 2 rings (SSSR count). The van der Waals surface area contributed by atoms with Crippen LogP contribution in [0.25, 0.3) is 6.08 Å². The van der Waals surface area contributed by atoms with Gasteiger partial charge in [0, 0.05) is 12.1 Å². The van der Waals surface area contributed by atoms with Crippen molar-refractivity contribution in [2.75, 3.05) is 0 Å². The van der Waals surface area contributed by atoms with E-state index in [9.17, 15) is 14.9 Å². The summed E-state index contributed by atoms with van der Waals surface area (Å²) in [4.78, 5) is 21.7. The lowest BCUT2D eigenvalue weighted by Gasteiger charge is -2.21. The number of hydrogen-bond donors (Lipinski definition) is 0. The van der Waals surface area contributed by atoms with Gasteiger partial charge >= 0.3 is 0 Å². The predicted molar refractivity (Wildman–Crippen MR) is 86.6 cm³/mol. The maximum atomic E-state index is 11.5.